The topological polar surface area (TPSA) is 77.6 Å². The zero-order valence-corrected chi connectivity index (χ0v) is 17.6. The van der Waals surface area contributed by atoms with Crippen LogP contribution in [-0.2, 0) is 0 Å². The molecule has 0 unspecified atom stereocenters. The van der Waals surface area contributed by atoms with Gasteiger partial charge in [0.15, 0.2) is 0 Å². The lowest BCUT2D eigenvalue weighted by atomic mass is 9.96. The van der Waals surface area contributed by atoms with Gasteiger partial charge in [-0.25, -0.2) is 0 Å². The number of pyridine rings is 1. The van der Waals surface area contributed by atoms with Crippen LogP contribution in [0.15, 0.2) is 47.4 Å². The van der Waals surface area contributed by atoms with E-state index < -0.39 is 5.91 Å². The Morgan fingerprint density at radius 3 is 2.63 bits per heavy atom. The number of likely N-dealkylation sites (N-methyl/N-ethyl adjacent to an activating group) is 1. The number of aryl methyl sites for hydroxylation is 1. The summed E-state index contributed by atoms with van der Waals surface area (Å²) in [6.45, 7) is 3.30. The minimum Gasteiger partial charge on any atom is -0.492 e. The molecular formula is C24H27N3O3. The third kappa shape index (κ3) is 3.83. The van der Waals surface area contributed by atoms with Gasteiger partial charge in [-0.05, 0) is 80.6 Å². The summed E-state index contributed by atoms with van der Waals surface area (Å²) in [6.07, 6.45) is 3.79. The molecule has 0 atom stereocenters. The number of carbonyl (C=O) groups excluding carboxylic acids is 1. The molecular weight excluding hydrogens is 378 g/mol. The summed E-state index contributed by atoms with van der Waals surface area (Å²) in [6, 6.07) is 11.1. The molecule has 0 radical (unpaired) electrons. The van der Waals surface area contributed by atoms with E-state index in [2.05, 4.69) is 0 Å². The minimum atomic E-state index is -0.455. The summed E-state index contributed by atoms with van der Waals surface area (Å²) in [5.41, 5.74) is 8.64. The van der Waals surface area contributed by atoms with Crippen LogP contribution < -0.4 is 16.0 Å². The number of ether oxygens (including phenoxy) is 1. The number of aromatic nitrogens is 1. The lowest BCUT2D eigenvalue weighted by Crippen LogP contribution is -2.22. The van der Waals surface area contributed by atoms with Crippen LogP contribution in [-0.4, -0.2) is 42.6 Å². The smallest absolute Gasteiger partial charge is 0.263 e. The van der Waals surface area contributed by atoms with Gasteiger partial charge in [-0.2, -0.15) is 0 Å². The zero-order valence-electron chi connectivity index (χ0n) is 17.6. The van der Waals surface area contributed by atoms with Gasteiger partial charge >= 0.3 is 0 Å². The molecule has 1 aliphatic rings. The number of hydrogen-bond donors (Lipinski definition) is 1. The molecule has 2 N–H and O–H groups in total. The van der Waals surface area contributed by atoms with Gasteiger partial charge in [0, 0.05) is 18.3 Å². The number of hydrogen-bond acceptors (Lipinski definition) is 4. The fourth-order valence-electron chi connectivity index (χ4n) is 3.87. The second kappa shape index (κ2) is 7.95. The maximum atomic E-state index is 13.5. The van der Waals surface area contributed by atoms with E-state index in [1.807, 2.05) is 50.2 Å². The number of primary amides is 1. The molecule has 0 bridgehead atoms. The number of benzene rings is 2. The molecule has 1 amide bonds. The van der Waals surface area contributed by atoms with Crippen molar-refractivity contribution in [1.82, 2.24) is 9.47 Å². The van der Waals surface area contributed by atoms with Gasteiger partial charge in [0.05, 0.1) is 11.1 Å². The fourth-order valence-corrected chi connectivity index (χ4v) is 3.87. The molecule has 1 heterocycles. The first-order valence-corrected chi connectivity index (χ1v) is 10.2. The minimum absolute atomic E-state index is 0.128. The van der Waals surface area contributed by atoms with E-state index in [-0.39, 0.29) is 11.5 Å². The van der Waals surface area contributed by atoms with E-state index in [1.54, 1.807) is 22.9 Å². The van der Waals surface area contributed by atoms with E-state index in [4.69, 9.17) is 10.5 Å². The Labute approximate surface area is 175 Å². The average Bonchev–Trinajstić information content (AvgIpc) is 3.53. The van der Waals surface area contributed by atoms with Gasteiger partial charge in [-0.15, -0.1) is 0 Å². The van der Waals surface area contributed by atoms with Gasteiger partial charge in [0.25, 0.3) is 5.56 Å². The number of fused-ring (bicyclic) bond motifs is 1. The van der Waals surface area contributed by atoms with E-state index in [0.717, 1.165) is 41.6 Å². The summed E-state index contributed by atoms with van der Waals surface area (Å²) < 4.78 is 7.47. The second-order valence-electron chi connectivity index (χ2n) is 8.22. The highest BCUT2D eigenvalue weighted by molar-refractivity contribution is 5.96. The van der Waals surface area contributed by atoms with Gasteiger partial charge < -0.3 is 15.4 Å². The van der Waals surface area contributed by atoms with Crippen molar-refractivity contribution < 1.29 is 9.53 Å². The average molecular weight is 405 g/mol. The molecule has 30 heavy (non-hydrogen) atoms. The number of amides is 1. The molecule has 1 aliphatic carbocycles. The van der Waals surface area contributed by atoms with Crippen LogP contribution >= 0.6 is 0 Å². The van der Waals surface area contributed by atoms with Crippen LogP contribution in [0.1, 0.15) is 40.2 Å². The molecule has 6 heteroatoms. The van der Waals surface area contributed by atoms with Gasteiger partial charge in [-0.3, -0.25) is 14.2 Å². The molecule has 6 nitrogen and oxygen atoms in total. The van der Waals surface area contributed by atoms with E-state index >= 15 is 0 Å². The fraction of sp³-hybridized carbons (Fsp3) is 0.333. The molecule has 1 aromatic heterocycles. The third-order valence-corrected chi connectivity index (χ3v) is 5.60. The van der Waals surface area contributed by atoms with Gasteiger partial charge in [0.1, 0.15) is 12.4 Å². The summed E-state index contributed by atoms with van der Waals surface area (Å²) >= 11 is 0. The monoisotopic (exact) mass is 405 g/mol. The van der Waals surface area contributed by atoms with Gasteiger partial charge in [-0.1, -0.05) is 12.1 Å². The Morgan fingerprint density at radius 2 is 1.97 bits per heavy atom. The van der Waals surface area contributed by atoms with Crippen LogP contribution in [0.4, 0.5) is 0 Å². The van der Waals surface area contributed by atoms with E-state index in [0.29, 0.717) is 23.3 Å². The summed E-state index contributed by atoms with van der Waals surface area (Å²) in [5.74, 6) is 0.485. The largest absolute Gasteiger partial charge is 0.492 e. The summed E-state index contributed by atoms with van der Waals surface area (Å²) in [5, 5.41) is 1.44. The molecule has 1 fully saturated rings. The SMILES string of the molecule is Cc1ccc(C(N)=O)c(C2CC2)c1-n1ccc2ccc(OCCN(C)C)cc2c1=O. The normalized spacial score (nSPS) is 13.7. The Balaban J connectivity index is 1.84. The number of nitrogens with two attached hydrogens (primary N) is 1. The van der Waals surface area contributed by atoms with Gasteiger partial charge in [0.2, 0.25) is 5.91 Å². The highest BCUT2D eigenvalue weighted by Crippen LogP contribution is 2.45. The first-order valence-electron chi connectivity index (χ1n) is 10.2. The van der Waals surface area contributed by atoms with Crippen molar-refractivity contribution in [1.29, 1.82) is 0 Å². The quantitative estimate of drug-likeness (QED) is 0.655. The van der Waals surface area contributed by atoms with Crippen molar-refractivity contribution >= 4 is 16.7 Å². The van der Waals surface area contributed by atoms with Crippen molar-refractivity contribution in [3.63, 3.8) is 0 Å². The molecule has 0 saturated heterocycles. The van der Waals surface area contributed by atoms with Crippen LogP contribution in [0.25, 0.3) is 16.5 Å². The molecule has 0 aliphatic heterocycles. The standard InChI is InChI=1S/C24H27N3O3/c1-15-4-9-19(23(25)28)21(17-5-6-17)22(15)27-11-10-16-7-8-18(14-20(16)24(27)29)30-13-12-26(2)3/h4,7-11,14,17H,5-6,12-13H2,1-3H3,(H2,25,28). The van der Waals surface area contributed by atoms with Crippen LogP contribution in [0.2, 0.25) is 0 Å². The molecule has 0 spiro atoms. The van der Waals surface area contributed by atoms with Crippen molar-refractivity contribution in [3.05, 3.63) is 69.6 Å². The van der Waals surface area contributed by atoms with Crippen LogP contribution in [0.5, 0.6) is 5.75 Å². The predicted molar refractivity (Wildman–Crippen MR) is 119 cm³/mol. The van der Waals surface area contributed by atoms with Crippen molar-refractivity contribution in [3.8, 4) is 11.4 Å². The molecule has 2 aromatic carbocycles. The highest BCUT2D eigenvalue weighted by atomic mass is 16.5. The first-order chi connectivity index (χ1) is 14.4. The lowest BCUT2D eigenvalue weighted by Gasteiger charge is -2.18. The molecule has 4 rings (SSSR count). The van der Waals surface area contributed by atoms with Crippen molar-refractivity contribution in [2.75, 3.05) is 27.2 Å². The maximum Gasteiger partial charge on any atom is 0.263 e. The lowest BCUT2D eigenvalue weighted by molar-refractivity contribution is 0.0999. The maximum absolute atomic E-state index is 13.5. The van der Waals surface area contributed by atoms with Crippen LogP contribution in [0.3, 0.4) is 0 Å². The molecule has 1 saturated carbocycles. The Morgan fingerprint density at radius 1 is 1.20 bits per heavy atom. The Bertz CT molecular complexity index is 1180. The highest BCUT2D eigenvalue weighted by Gasteiger charge is 2.31. The summed E-state index contributed by atoms with van der Waals surface area (Å²) in [4.78, 5) is 27.6. The molecule has 156 valence electrons. The molecule has 3 aromatic rings. The predicted octanol–water partition coefficient (Wildman–Crippen LogP) is 3.22. The third-order valence-electron chi connectivity index (χ3n) is 5.60. The van der Waals surface area contributed by atoms with Crippen LogP contribution in [0, 0.1) is 6.92 Å². The van der Waals surface area contributed by atoms with Crippen molar-refractivity contribution in [2.45, 2.75) is 25.7 Å². The first kappa shape index (κ1) is 20.2. The second-order valence-corrected chi connectivity index (χ2v) is 8.22. The number of carbonyl (C=O) groups is 1. The van der Waals surface area contributed by atoms with E-state index in [9.17, 15) is 9.59 Å². The number of nitrogens with zero attached hydrogens (tertiary/aromatic N) is 2. The zero-order chi connectivity index (χ0) is 21.4. The Kier molecular flexibility index (Phi) is 5.35. The Hall–Kier alpha value is -3.12. The summed E-state index contributed by atoms with van der Waals surface area (Å²) in [7, 11) is 3.98. The van der Waals surface area contributed by atoms with Crippen molar-refractivity contribution in [2.24, 2.45) is 5.73 Å². The number of rotatable bonds is 7. The van der Waals surface area contributed by atoms with E-state index in [1.165, 1.54) is 0 Å².